The largest absolute Gasteiger partial charge is 0.416 e. The lowest BCUT2D eigenvalue weighted by molar-refractivity contribution is -0.138. The highest BCUT2D eigenvalue weighted by molar-refractivity contribution is 5.84. The lowest BCUT2D eigenvalue weighted by atomic mass is 9.92. The Morgan fingerprint density at radius 1 is 0.676 bits per heavy atom. The summed E-state index contributed by atoms with van der Waals surface area (Å²) in [5.41, 5.74) is 4.13. The van der Waals surface area contributed by atoms with E-state index in [-0.39, 0.29) is 6.04 Å². The standard InChI is InChI=1S/C27H19F6N/c28-26(29,30)19-5-9-21(10-6-19)34(22-11-7-20(8-12-22)27(31,32)33)23-13-14-25-18(16-23)15-17-3-1-2-4-24(17)25/h1-14,23H,15-16H2. The Labute approximate surface area is 192 Å². The van der Waals surface area contributed by atoms with E-state index in [1.807, 2.05) is 24.3 Å². The average molecular weight is 471 g/mol. The van der Waals surface area contributed by atoms with E-state index in [1.54, 1.807) is 4.90 Å². The third-order valence-corrected chi connectivity index (χ3v) is 6.31. The van der Waals surface area contributed by atoms with E-state index in [2.05, 4.69) is 12.1 Å². The van der Waals surface area contributed by atoms with Crippen LogP contribution in [0.25, 0.3) is 5.57 Å². The Kier molecular flexibility index (Phi) is 5.30. The molecule has 0 fully saturated rings. The van der Waals surface area contributed by atoms with Crippen molar-refractivity contribution in [2.24, 2.45) is 0 Å². The van der Waals surface area contributed by atoms with Gasteiger partial charge in [-0.25, -0.2) is 0 Å². The van der Waals surface area contributed by atoms with Crippen LogP contribution in [0, 0.1) is 0 Å². The van der Waals surface area contributed by atoms with Gasteiger partial charge in [-0.2, -0.15) is 26.3 Å². The van der Waals surface area contributed by atoms with Crippen molar-refractivity contribution in [2.75, 3.05) is 4.90 Å². The maximum atomic E-state index is 13.1. The number of nitrogens with zero attached hydrogens (tertiary/aromatic N) is 1. The van der Waals surface area contributed by atoms with Gasteiger partial charge in [0.1, 0.15) is 0 Å². The fraction of sp³-hybridized carbons (Fsp3) is 0.185. The second-order valence-electron chi connectivity index (χ2n) is 8.44. The van der Waals surface area contributed by atoms with Gasteiger partial charge in [0, 0.05) is 11.4 Å². The van der Waals surface area contributed by atoms with Crippen molar-refractivity contribution in [1.82, 2.24) is 0 Å². The molecule has 1 atom stereocenters. The summed E-state index contributed by atoms with van der Waals surface area (Å²) in [6, 6.07) is 17.3. The molecule has 34 heavy (non-hydrogen) atoms. The van der Waals surface area contributed by atoms with E-state index in [9.17, 15) is 26.3 Å². The number of anilines is 2. The highest BCUT2D eigenvalue weighted by Crippen LogP contribution is 2.42. The number of benzene rings is 3. The second kappa shape index (κ2) is 8.08. The average Bonchev–Trinajstić information content (AvgIpc) is 3.17. The molecule has 2 aliphatic rings. The molecule has 0 bridgehead atoms. The molecule has 3 aromatic rings. The van der Waals surface area contributed by atoms with Crippen molar-refractivity contribution >= 4 is 16.9 Å². The van der Waals surface area contributed by atoms with Crippen LogP contribution in [0.3, 0.4) is 0 Å². The van der Waals surface area contributed by atoms with E-state index >= 15 is 0 Å². The molecule has 0 aliphatic heterocycles. The van der Waals surface area contributed by atoms with Gasteiger partial charge in [0.2, 0.25) is 0 Å². The summed E-state index contributed by atoms with van der Waals surface area (Å²) >= 11 is 0. The molecule has 7 heteroatoms. The molecule has 2 aliphatic carbocycles. The predicted molar refractivity (Wildman–Crippen MR) is 120 cm³/mol. The van der Waals surface area contributed by atoms with Crippen molar-refractivity contribution in [3.8, 4) is 0 Å². The van der Waals surface area contributed by atoms with Crippen LogP contribution in [0.1, 0.15) is 28.7 Å². The first-order chi connectivity index (χ1) is 16.1. The van der Waals surface area contributed by atoms with Crippen LogP contribution in [0.5, 0.6) is 0 Å². The second-order valence-corrected chi connectivity index (χ2v) is 8.44. The Hall–Kier alpha value is -3.48. The summed E-state index contributed by atoms with van der Waals surface area (Å²) in [6.45, 7) is 0. The summed E-state index contributed by atoms with van der Waals surface area (Å²) in [7, 11) is 0. The van der Waals surface area contributed by atoms with Crippen LogP contribution in [0.4, 0.5) is 37.7 Å². The number of allylic oxidation sites excluding steroid dienone is 2. The van der Waals surface area contributed by atoms with Gasteiger partial charge in [0.15, 0.2) is 0 Å². The fourth-order valence-electron chi connectivity index (χ4n) is 4.70. The van der Waals surface area contributed by atoms with E-state index in [0.717, 1.165) is 36.3 Å². The molecule has 0 spiro atoms. The van der Waals surface area contributed by atoms with Crippen molar-refractivity contribution in [2.45, 2.75) is 31.2 Å². The van der Waals surface area contributed by atoms with Crippen LogP contribution < -0.4 is 4.90 Å². The van der Waals surface area contributed by atoms with Gasteiger partial charge in [-0.3, -0.25) is 0 Å². The summed E-state index contributed by atoms with van der Waals surface area (Å²) in [5.74, 6) is 0. The highest BCUT2D eigenvalue weighted by Gasteiger charge is 2.33. The molecule has 1 unspecified atom stereocenters. The van der Waals surface area contributed by atoms with Gasteiger partial charge in [-0.15, -0.1) is 0 Å². The van der Waals surface area contributed by atoms with Crippen LogP contribution >= 0.6 is 0 Å². The third kappa shape index (κ3) is 4.11. The summed E-state index contributed by atoms with van der Waals surface area (Å²) in [6.07, 6.45) is -3.58. The first kappa shape index (κ1) is 22.3. The first-order valence-electron chi connectivity index (χ1n) is 10.7. The Morgan fingerprint density at radius 2 is 1.21 bits per heavy atom. The maximum absolute atomic E-state index is 13.1. The van der Waals surface area contributed by atoms with Crippen molar-refractivity contribution in [3.63, 3.8) is 0 Å². The smallest absolute Gasteiger partial charge is 0.334 e. The number of hydrogen-bond donors (Lipinski definition) is 0. The minimum absolute atomic E-state index is 0.262. The minimum Gasteiger partial charge on any atom is -0.334 e. The first-order valence-corrected chi connectivity index (χ1v) is 10.7. The summed E-state index contributed by atoms with van der Waals surface area (Å²) < 4.78 is 78.6. The summed E-state index contributed by atoms with van der Waals surface area (Å²) in [5, 5.41) is 0. The fourth-order valence-corrected chi connectivity index (χ4v) is 4.70. The topological polar surface area (TPSA) is 3.24 Å². The van der Waals surface area contributed by atoms with Gasteiger partial charge in [0.25, 0.3) is 0 Å². The lowest BCUT2D eigenvalue weighted by Crippen LogP contribution is -2.31. The van der Waals surface area contributed by atoms with Crippen molar-refractivity contribution < 1.29 is 26.3 Å². The molecule has 0 N–H and O–H groups in total. The Bertz CT molecular complexity index is 1210. The van der Waals surface area contributed by atoms with Gasteiger partial charge in [-0.05, 0) is 78.1 Å². The molecule has 0 saturated carbocycles. The van der Waals surface area contributed by atoms with Gasteiger partial charge < -0.3 is 4.90 Å². The number of alkyl halides is 6. The quantitative estimate of drug-likeness (QED) is 0.348. The van der Waals surface area contributed by atoms with E-state index < -0.39 is 23.5 Å². The summed E-state index contributed by atoms with van der Waals surface area (Å²) in [4.78, 5) is 1.80. The normalized spacial score (nSPS) is 17.5. The third-order valence-electron chi connectivity index (χ3n) is 6.31. The minimum atomic E-state index is -4.47. The van der Waals surface area contributed by atoms with Crippen molar-refractivity contribution in [3.05, 3.63) is 113 Å². The van der Waals surface area contributed by atoms with E-state index in [4.69, 9.17) is 0 Å². The van der Waals surface area contributed by atoms with Crippen LogP contribution in [-0.2, 0) is 18.8 Å². The molecule has 0 heterocycles. The zero-order chi connectivity index (χ0) is 24.1. The monoisotopic (exact) mass is 471 g/mol. The Morgan fingerprint density at radius 3 is 1.74 bits per heavy atom. The van der Waals surface area contributed by atoms with E-state index in [1.165, 1.54) is 41.0 Å². The number of hydrogen-bond acceptors (Lipinski definition) is 1. The zero-order valence-electron chi connectivity index (χ0n) is 17.8. The van der Waals surface area contributed by atoms with Crippen LogP contribution in [-0.4, -0.2) is 6.04 Å². The van der Waals surface area contributed by atoms with Crippen LogP contribution in [0.15, 0.2) is 90.5 Å². The molecular formula is C27H19F6N. The highest BCUT2D eigenvalue weighted by atomic mass is 19.4. The number of halogens is 6. The van der Waals surface area contributed by atoms with Gasteiger partial charge in [-0.1, -0.05) is 42.0 Å². The molecular weight excluding hydrogens is 452 g/mol. The van der Waals surface area contributed by atoms with Crippen LogP contribution in [0.2, 0.25) is 0 Å². The maximum Gasteiger partial charge on any atom is 0.416 e. The van der Waals surface area contributed by atoms with Gasteiger partial charge >= 0.3 is 12.4 Å². The lowest BCUT2D eigenvalue weighted by Gasteiger charge is -2.34. The zero-order valence-corrected chi connectivity index (χ0v) is 17.8. The SMILES string of the molecule is FC(F)(F)c1ccc(N(c2ccc(C(F)(F)F)cc2)C2C=CC3=C(Cc4ccccc43)C2)cc1. The number of fused-ring (bicyclic) bond motifs is 2. The molecule has 174 valence electrons. The number of rotatable bonds is 3. The van der Waals surface area contributed by atoms with Crippen molar-refractivity contribution in [1.29, 1.82) is 0 Å². The van der Waals surface area contributed by atoms with E-state index in [0.29, 0.717) is 17.8 Å². The molecule has 1 nitrogen and oxygen atoms in total. The molecule has 0 radical (unpaired) electrons. The molecule has 0 aromatic heterocycles. The Balaban J connectivity index is 1.51. The van der Waals surface area contributed by atoms with Gasteiger partial charge in [0.05, 0.1) is 17.2 Å². The molecule has 3 aromatic carbocycles. The predicted octanol–water partition coefficient (Wildman–Crippen LogP) is 8.20. The molecule has 5 rings (SSSR count). The molecule has 0 saturated heterocycles. The molecule has 0 amide bonds.